The lowest BCUT2D eigenvalue weighted by Gasteiger charge is -2.25. The molecular weight excluding hydrogens is 504 g/mol. The first-order valence-corrected chi connectivity index (χ1v) is 14.8. The van der Waals surface area contributed by atoms with Gasteiger partial charge in [0.05, 0.1) is 6.42 Å². The van der Waals surface area contributed by atoms with Gasteiger partial charge in [0.25, 0.3) is 0 Å². The first-order chi connectivity index (χ1) is 19.5. The quantitative estimate of drug-likeness (QED) is 0.490. The second-order valence-corrected chi connectivity index (χ2v) is 10.8. The molecule has 2 aliphatic rings. The first kappa shape index (κ1) is 29.3. The van der Waals surface area contributed by atoms with Crippen LogP contribution in [-0.2, 0) is 25.7 Å². The van der Waals surface area contributed by atoms with Crippen molar-refractivity contribution in [1.29, 1.82) is 0 Å². The second-order valence-electron chi connectivity index (χ2n) is 10.8. The van der Waals surface area contributed by atoms with Gasteiger partial charge in [-0.2, -0.15) is 0 Å². The number of nitrogens with one attached hydrogen (secondary N) is 3. The zero-order chi connectivity index (χ0) is 28.2. The Kier molecular flexibility index (Phi) is 11.1. The lowest BCUT2D eigenvalue weighted by Crippen LogP contribution is -2.54. The molecule has 2 unspecified atom stereocenters. The van der Waals surface area contributed by atoms with E-state index in [2.05, 4.69) is 28.1 Å². The molecule has 2 aromatic rings. The van der Waals surface area contributed by atoms with E-state index >= 15 is 0 Å². The van der Waals surface area contributed by atoms with Crippen molar-refractivity contribution >= 4 is 34.4 Å². The molecule has 2 heterocycles. The van der Waals surface area contributed by atoms with Crippen molar-refractivity contribution in [2.45, 2.75) is 89.3 Å². The van der Waals surface area contributed by atoms with Crippen LogP contribution in [0, 0.1) is 0 Å². The van der Waals surface area contributed by atoms with Crippen molar-refractivity contribution in [3.63, 3.8) is 0 Å². The Labute approximate surface area is 236 Å². The number of fused-ring (bicyclic) bond motifs is 1. The van der Waals surface area contributed by atoms with Crippen LogP contribution in [0.15, 0.2) is 54.6 Å². The number of allylic oxidation sites excluding steroid dienone is 2. The van der Waals surface area contributed by atoms with Gasteiger partial charge in [-0.1, -0.05) is 67.5 Å². The average molecular weight is 547 g/mol. The van der Waals surface area contributed by atoms with Crippen LogP contribution in [0.3, 0.4) is 0 Å². The van der Waals surface area contributed by atoms with Gasteiger partial charge in [-0.05, 0) is 61.3 Å². The summed E-state index contributed by atoms with van der Waals surface area (Å²) >= 11 is 0. The molecule has 0 spiro atoms. The molecule has 3 N–H and O–H groups in total. The topological polar surface area (TPSA) is 108 Å². The summed E-state index contributed by atoms with van der Waals surface area (Å²) in [6.07, 6.45) is 12.0. The number of nitrogens with zero attached hydrogens (tertiary/aromatic N) is 1. The number of carbonyl (C=O) groups excluding carboxylic acids is 4. The second kappa shape index (κ2) is 15.2. The third kappa shape index (κ3) is 8.66. The van der Waals surface area contributed by atoms with Crippen LogP contribution < -0.4 is 16.0 Å². The Morgan fingerprint density at radius 2 is 1.60 bits per heavy atom. The van der Waals surface area contributed by atoms with Crippen LogP contribution in [0.5, 0.6) is 0 Å². The fraction of sp³-hybridized carbons (Fsp3) is 0.500. The Hall–Kier alpha value is -3.68. The Bertz CT molecular complexity index is 1200. The highest BCUT2D eigenvalue weighted by Gasteiger charge is 2.30. The molecule has 8 heteroatoms. The van der Waals surface area contributed by atoms with E-state index in [-0.39, 0.29) is 30.6 Å². The molecule has 2 aromatic carbocycles. The van der Waals surface area contributed by atoms with Crippen molar-refractivity contribution in [1.82, 2.24) is 20.9 Å². The number of rotatable bonds is 5. The van der Waals surface area contributed by atoms with Gasteiger partial charge in [0.2, 0.25) is 23.6 Å². The number of likely N-dealkylation sites (tertiary alicyclic amines) is 1. The SMILES string of the molecule is O=C1CCC/C=C\CCCCCC(C(=O)NCc2cccc3ccccc23)NC(=O)C(CC(=O)N2CCCC2)N1. The molecule has 1 fully saturated rings. The highest BCUT2D eigenvalue weighted by atomic mass is 16.2. The molecule has 0 aliphatic carbocycles. The molecule has 4 amide bonds. The Morgan fingerprint density at radius 1 is 0.850 bits per heavy atom. The van der Waals surface area contributed by atoms with Crippen LogP contribution in [-0.4, -0.2) is 53.7 Å². The summed E-state index contributed by atoms with van der Waals surface area (Å²) in [7, 11) is 0. The van der Waals surface area contributed by atoms with E-state index in [0.29, 0.717) is 32.5 Å². The fourth-order valence-electron chi connectivity index (χ4n) is 5.44. The summed E-state index contributed by atoms with van der Waals surface area (Å²) in [5.41, 5.74) is 0.999. The lowest BCUT2D eigenvalue weighted by atomic mass is 10.0. The third-order valence-corrected chi connectivity index (χ3v) is 7.76. The summed E-state index contributed by atoms with van der Waals surface area (Å²) in [4.78, 5) is 54.2. The van der Waals surface area contributed by atoms with Gasteiger partial charge >= 0.3 is 0 Å². The molecule has 2 aliphatic heterocycles. The smallest absolute Gasteiger partial charge is 0.243 e. The van der Waals surface area contributed by atoms with Crippen LogP contribution in [0.1, 0.15) is 76.2 Å². The highest BCUT2D eigenvalue weighted by molar-refractivity contribution is 5.95. The van der Waals surface area contributed by atoms with Crippen molar-refractivity contribution < 1.29 is 19.2 Å². The van der Waals surface area contributed by atoms with Crippen LogP contribution in [0.25, 0.3) is 10.8 Å². The van der Waals surface area contributed by atoms with Gasteiger partial charge in [-0.25, -0.2) is 0 Å². The minimum atomic E-state index is -1.02. The molecule has 0 bridgehead atoms. The first-order valence-electron chi connectivity index (χ1n) is 14.8. The van der Waals surface area contributed by atoms with Crippen molar-refractivity contribution in [2.24, 2.45) is 0 Å². The predicted octanol–water partition coefficient (Wildman–Crippen LogP) is 4.13. The normalized spacial score (nSPS) is 22.4. The fourth-order valence-corrected chi connectivity index (χ4v) is 5.44. The van der Waals surface area contributed by atoms with Gasteiger partial charge in [0, 0.05) is 26.1 Å². The largest absolute Gasteiger partial charge is 0.350 e. The monoisotopic (exact) mass is 546 g/mol. The molecular formula is C32H42N4O4. The Morgan fingerprint density at radius 3 is 2.42 bits per heavy atom. The number of benzene rings is 2. The number of hydrogen-bond acceptors (Lipinski definition) is 4. The molecule has 40 heavy (non-hydrogen) atoms. The van der Waals surface area contributed by atoms with Gasteiger partial charge in [-0.15, -0.1) is 0 Å². The standard InChI is InChI=1S/C32H42N4O4/c37-29-19-8-6-4-2-1-3-5-7-18-27(35-32(40)28(34-29)22-30(38)36-20-11-12-21-36)31(39)33-23-25-16-13-15-24-14-9-10-17-26(24)25/h2,4,9-10,13-17,27-28H,1,3,5-8,11-12,18-23H2,(H,33,39)(H,34,37)(H,35,40)/b4-2-. The number of carbonyl (C=O) groups is 4. The van der Waals surface area contributed by atoms with E-state index in [4.69, 9.17) is 0 Å². The van der Waals surface area contributed by atoms with Gasteiger partial charge < -0.3 is 20.9 Å². The van der Waals surface area contributed by atoms with E-state index in [1.807, 2.05) is 42.5 Å². The maximum Gasteiger partial charge on any atom is 0.243 e. The lowest BCUT2D eigenvalue weighted by molar-refractivity contribution is -0.136. The minimum absolute atomic E-state index is 0.109. The van der Waals surface area contributed by atoms with Crippen molar-refractivity contribution in [2.75, 3.05) is 13.1 Å². The van der Waals surface area contributed by atoms with E-state index in [1.165, 1.54) is 0 Å². The molecule has 4 rings (SSSR count). The summed E-state index contributed by atoms with van der Waals surface area (Å²) in [6.45, 7) is 1.68. The maximum absolute atomic E-state index is 13.5. The van der Waals surface area contributed by atoms with E-state index in [9.17, 15) is 19.2 Å². The average Bonchev–Trinajstić information content (AvgIpc) is 3.50. The molecule has 214 valence electrons. The Balaban J connectivity index is 1.47. The van der Waals surface area contributed by atoms with E-state index in [1.54, 1.807) is 4.90 Å². The van der Waals surface area contributed by atoms with E-state index in [0.717, 1.165) is 61.3 Å². The molecule has 1 saturated heterocycles. The third-order valence-electron chi connectivity index (χ3n) is 7.76. The van der Waals surface area contributed by atoms with Crippen LogP contribution >= 0.6 is 0 Å². The summed E-state index contributed by atoms with van der Waals surface area (Å²) in [5.74, 6) is -1.16. The summed E-state index contributed by atoms with van der Waals surface area (Å²) in [6, 6.07) is 12.3. The number of hydrogen-bond donors (Lipinski definition) is 3. The van der Waals surface area contributed by atoms with Crippen molar-refractivity contribution in [3.8, 4) is 0 Å². The molecule has 8 nitrogen and oxygen atoms in total. The number of amides is 4. The maximum atomic E-state index is 13.5. The van der Waals surface area contributed by atoms with Crippen LogP contribution in [0.2, 0.25) is 0 Å². The highest BCUT2D eigenvalue weighted by Crippen LogP contribution is 2.18. The molecule has 0 saturated carbocycles. The van der Waals surface area contributed by atoms with Gasteiger partial charge in [0.1, 0.15) is 12.1 Å². The van der Waals surface area contributed by atoms with E-state index < -0.39 is 18.0 Å². The van der Waals surface area contributed by atoms with Crippen LogP contribution in [0.4, 0.5) is 0 Å². The summed E-state index contributed by atoms with van der Waals surface area (Å²) in [5, 5.41) is 10.9. The predicted molar refractivity (Wildman–Crippen MR) is 156 cm³/mol. The molecule has 0 radical (unpaired) electrons. The zero-order valence-corrected chi connectivity index (χ0v) is 23.3. The molecule has 2 atom stereocenters. The minimum Gasteiger partial charge on any atom is -0.350 e. The summed E-state index contributed by atoms with van der Waals surface area (Å²) < 4.78 is 0. The zero-order valence-electron chi connectivity index (χ0n) is 23.3. The van der Waals surface area contributed by atoms with Gasteiger partial charge in [-0.3, -0.25) is 19.2 Å². The van der Waals surface area contributed by atoms with Gasteiger partial charge in [0.15, 0.2) is 0 Å². The van der Waals surface area contributed by atoms with Crippen molar-refractivity contribution in [3.05, 3.63) is 60.2 Å². The molecule has 0 aromatic heterocycles.